The molecule has 1 fully saturated rings. The fraction of sp³-hybridized carbons (Fsp3) is 0.600. The molecule has 0 N–H and O–H groups in total. The Kier molecular flexibility index (Phi) is 3.18. The van der Waals surface area contributed by atoms with E-state index in [4.69, 9.17) is 4.74 Å². The van der Waals surface area contributed by atoms with Gasteiger partial charge in [0.15, 0.2) is 18.0 Å². The number of carbonyl (C=O) groups is 1. The number of rotatable bonds is 4. The first-order valence-electron chi connectivity index (χ1n) is 5.24. The van der Waals surface area contributed by atoms with Crippen molar-refractivity contribution < 1.29 is 13.4 Å². The average Bonchev–Trinajstić information content (AvgIpc) is 3.03. The summed E-state index contributed by atoms with van der Waals surface area (Å²) in [7, 11) is 0. The van der Waals surface area contributed by atoms with Gasteiger partial charge in [-0.05, 0) is 26.7 Å². The number of hydrogen-bond donors (Lipinski definition) is 0. The molecule has 1 aromatic heterocycles. The van der Waals surface area contributed by atoms with Gasteiger partial charge in [0.25, 0.3) is 0 Å². The quantitative estimate of drug-likeness (QED) is 0.764. The summed E-state index contributed by atoms with van der Waals surface area (Å²) in [6, 6.07) is 0. The van der Waals surface area contributed by atoms with Crippen molar-refractivity contribution in [3.8, 4) is 0 Å². The van der Waals surface area contributed by atoms with E-state index in [1.165, 1.54) is 0 Å². The van der Waals surface area contributed by atoms with Gasteiger partial charge in [0.2, 0.25) is 0 Å². The van der Waals surface area contributed by atoms with Crippen LogP contribution < -0.4 is 0 Å². The molecule has 1 aliphatic rings. The number of halogens is 1. The maximum absolute atomic E-state index is 12.7. The summed E-state index contributed by atoms with van der Waals surface area (Å²) in [5.74, 6) is -0.119. The van der Waals surface area contributed by atoms with Crippen LogP contribution in [0.1, 0.15) is 47.4 Å². The van der Waals surface area contributed by atoms with E-state index in [1.54, 1.807) is 13.8 Å². The van der Waals surface area contributed by atoms with Gasteiger partial charge in [0.05, 0.1) is 12.3 Å². The molecule has 88 valence electrons. The number of ether oxygens (including phenoxy) is 1. The maximum Gasteiger partial charge on any atom is 0.358 e. The van der Waals surface area contributed by atoms with Crippen molar-refractivity contribution in [3.63, 3.8) is 0 Å². The van der Waals surface area contributed by atoms with Crippen LogP contribution in [0.2, 0.25) is 0 Å². The van der Waals surface area contributed by atoms with Crippen molar-refractivity contribution in [2.45, 2.75) is 32.6 Å². The second-order valence-corrected chi connectivity index (χ2v) is 4.28. The highest BCUT2D eigenvalue weighted by Crippen LogP contribution is 2.42. The molecule has 4 nitrogen and oxygen atoms in total. The molecular formula is C10H13FN2O2S. The lowest BCUT2D eigenvalue weighted by atomic mass is 10.1. The lowest BCUT2D eigenvalue weighted by Crippen LogP contribution is -2.10. The Morgan fingerprint density at radius 2 is 2.38 bits per heavy atom. The first kappa shape index (κ1) is 11.4. The second kappa shape index (κ2) is 4.45. The molecule has 0 amide bonds. The van der Waals surface area contributed by atoms with Crippen LogP contribution in [0.3, 0.4) is 0 Å². The van der Waals surface area contributed by atoms with Gasteiger partial charge in [0, 0.05) is 11.5 Å². The van der Waals surface area contributed by atoms with Crippen LogP contribution in [0, 0.1) is 6.92 Å². The molecule has 0 unspecified atom stereocenters. The van der Waals surface area contributed by atoms with Gasteiger partial charge >= 0.3 is 5.97 Å². The van der Waals surface area contributed by atoms with Crippen molar-refractivity contribution in [1.82, 2.24) is 9.19 Å². The van der Waals surface area contributed by atoms with E-state index >= 15 is 0 Å². The van der Waals surface area contributed by atoms with Crippen LogP contribution in [0.5, 0.6) is 0 Å². The van der Waals surface area contributed by atoms with E-state index in [2.05, 4.69) is 5.10 Å². The molecule has 1 saturated carbocycles. The Morgan fingerprint density at radius 1 is 1.69 bits per heavy atom. The summed E-state index contributed by atoms with van der Waals surface area (Å²) in [5.41, 5.74) is 1.79. The van der Waals surface area contributed by atoms with Crippen LogP contribution in [0.4, 0.5) is 3.89 Å². The number of esters is 1. The normalized spacial score (nSPS) is 15.2. The van der Waals surface area contributed by atoms with Gasteiger partial charge in [-0.3, -0.25) is 0 Å². The fourth-order valence-electron chi connectivity index (χ4n) is 1.71. The SMILES string of the molecule is CCOC(=O)c1c(C)c(C2CC2)nn1SF. The van der Waals surface area contributed by atoms with Crippen LogP contribution >= 0.6 is 12.3 Å². The third kappa shape index (κ3) is 1.93. The Labute approximate surface area is 97.6 Å². The summed E-state index contributed by atoms with van der Waals surface area (Å²) in [6.07, 6.45) is 2.13. The van der Waals surface area contributed by atoms with Crippen LogP contribution in [0.15, 0.2) is 0 Å². The molecular weight excluding hydrogens is 231 g/mol. The first-order chi connectivity index (χ1) is 7.69. The predicted molar refractivity (Wildman–Crippen MR) is 59.0 cm³/mol. The maximum atomic E-state index is 12.7. The molecule has 0 atom stereocenters. The molecule has 0 saturated heterocycles. The van der Waals surface area contributed by atoms with Gasteiger partial charge in [0.1, 0.15) is 0 Å². The number of nitrogens with zero attached hydrogens (tertiary/aromatic N) is 2. The summed E-state index contributed by atoms with van der Waals surface area (Å²) in [6.45, 7) is 3.79. The minimum absolute atomic E-state index is 0.0655. The van der Waals surface area contributed by atoms with Gasteiger partial charge in [-0.1, -0.05) is 0 Å². The molecule has 0 spiro atoms. The van der Waals surface area contributed by atoms with E-state index in [-0.39, 0.29) is 24.6 Å². The lowest BCUT2D eigenvalue weighted by molar-refractivity contribution is 0.0517. The first-order valence-corrected chi connectivity index (χ1v) is 5.92. The molecule has 0 radical (unpaired) electrons. The standard InChI is InChI=1S/C10H13FN2O2S/c1-3-15-10(14)9-6(2)8(7-4-5-7)12-13(9)16-11/h7H,3-5H2,1-2H3. The summed E-state index contributed by atoms with van der Waals surface area (Å²) < 4.78 is 18.6. The lowest BCUT2D eigenvalue weighted by Gasteiger charge is -2.02. The molecule has 2 rings (SSSR count). The molecule has 1 heterocycles. The smallest absolute Gasteiger partial charge is 0.358 e. The Hall–Kier alpha value is -1.04. The number of carbonyl (C=O) groups excluding carboxylic acids is 1. The highest BCUT2D eigenvalue weighted by Gasteiger charge is 2.32. The number of aromatic nitrogens is 2. The Bertz CT molecular complexity index is 415. The average molecular weight is 244 g/mol. The zero-order valence-electron chi connectivity index (χ0n) is 9.20. The Balaban J connectivity index is 2.37. The summed E-state index contributed by atoms with van der Waals surface area (Å²) in [5, 5.41) is 4.10. The van der Waals surface area contributed by atoms with Crippen molar-refractivity contribution >= 4 is 18.3 Å². The van der Waals surface area contributed by atoms with Gasteiger partial charge in [-0.2, -0.15) is 9.19 Å². The summed E-state index contributed by atoms with van der Waals surface area (Å²) in [4.78, 5) is 11.6. The molecule has 16 heavy (non-hydrogen) atoms. The number of hydrogen-bond acceptors (Lipinski definition) is 4. The molecule has 6 heteroatoms. The van der Waals surface area contributed by atoms with E-state index in [1.807, 2.05) is 0 Å². The fourth-order valence-corrected chi connectivity index (χ4v) is 2.11. The predicted octanol–water partition coefficient (Wildman–Crippen LogP) is 2.63. The summed E-state index contributed by atoms with van der Waals surface area (Å²) >= 11 is -0.0655. The van der Waals surface area contributed by atoms with E-state index in [9.17, 15) is 8.68 Å². The minimum atomic E-state index is -0.510. The van der Waals surface area contributed by atoms with E-state index < -0.39 is 5.97 Å². The largest absolute Gasteiger partial charge is 0.461 e. The zero-order chi connectivity index (χ0) is 11.7. The van der Waals surface area contributed by atoms with E-state index in [0.29, 0.717) is 5.92 Å². The van der Waals surface area contributed by atoms with Gasteiger partial charge in [-0.15, -0.1) is 3.89 Å². The third-order valence-electron chi connectivity index (χ3n) is 2.63. The minimum Gasteiger partial charge on any atom is -0.461 e. The van der Waals surface area contributed by atoms with Crippen LogP contribution in [-0.4, -0.2) is 21.8 Å². The van der Waals surface area contributed by atoms with Gasteiger partial charge < -0.3 is 4.74 Å². The highest BCUT2D eigenvalue weighted by atomic mass is 32.2. The topological polar surface area (TPSA) is 44.1 Å². The van der Waals surface area contributed by atoms with Crippen molar-refractivity contribution in [1.29, 1.82) is 0 Å². The van der Waals surface area contributed by atoms with Crippen molar-refractivity contribution in [2.24, 2.45) is 0 Å². The molecule has 1 aromatic rings. The van der Waals surface area contributed by atoms with Crippen LogP contribution in [0.25, 0.3) is 0 Å². The van der Waals surface area contributed by atoms with E-state index in [0.717, 1.165) is 28.2 Å². The third-order valence-corrected chi connectivity index (χ3v) is 3.02. The van der Waals surface area contributed by atoms with Crippen LogP contribution in [-0.2, 0) is 4.74 Å². The van der Waals surface area contributed by atoms with Crippen molar-refractivity contribution in [2.75, 3.05) is 6.61 Å². The molecule has 1 aliphatic carbocycles. The zero-order valence-corrected chi connectivity index (χ0v) is 10.0. The highest BCUT2D eigenvalue weighted by molar-refractivity contribution is 7.92. The second-order valence-electron chi connectivity index (χ2n) is 3.80. The molecule has 0 bridgehead atoms. The molecule has 0 aliphatic heterocycles. The monoisotopic (exact) mass is 244 g/mol. The Morgan fingerprint density at radius 3 is 2.88 bits per heavy atom. The molecule has 0 aromatic carbocycles. The van der Waals surface area contributed by atoms with Crippen molar-refractivity contribution in [3.05, 3.63) is 17.0 Å². The van der Waals surface area contributed by atoms with Gasteiger partial charge in [-0.25, -0.2) is 4.79 Å².